The van der Waals surface area contributed by atoms with Crippen molar-refractivity contribution in [1.29, 1.82) is 0 Å². The molecule has 2 N–H and O–H groups in total. The smallest absolute Gasteiger partial charge is 0.220 e. The number of fused-ring (bicyclic) bond motifs is 1. The summed E-state index contributed by atoms with van der Waals surface area (Å²) in [7, 11) is 1.80. The van der Waals surface area contributed by atoms with Crippen LogP contribution in [0.25, 0.3) is 0 Å². The Balaban J connectivity index is 2.52. The van der Waals surface area contributed by atoms with Crippen LogP contribution < -0.4 is 0 Å². The average Bonchev–Trinajstić information content (AvgIpc) is 2.31. The van der Waals surface area contributed by atoms with Gasteiger partial charge in [0.15, 0.2) is 12.3 Å². The van der Waals surface area contributed by atoms with Crippen LogP contribution in [-0.2, 0) is 4.79 Å². The van der Waals surface area contributed by atoms with E-state index in [0.29, 0.717) is 12.1 Å². The first-order valence-corrected chi connectivity index (χ1v) is 4.02. The second-order valence-corrected chi connectivity index (χ2v) is 3.28. The van der Waals surface area contributed by atoms with Gasteiger partial charge in [-0.05, 0) is 0 Å². The normalized spacial score (nSPS) is 27.2. The minimum Gasteiger partial charge on any atom is -0.504 e. The number of rotatable bonds is 0. The summed E-state index contributed by atoms with van der Waals surface area (Å²) in [6.45, 7) is 0.470. The molecule has 68 valence electrons. The van der Waals surface area contributed by atoms with Crippen LogP contribution in [0.4, 0.5) is 0 Å². The van der Waals surface area contributed by atoms with E-state index in [1.807, 2.05) is 0 Å². The van der Waals surface area contributed by atoms with E-state index >= 15 is 0 Å². The van der Waals surface area contributed by atoms with E-state index in [0.717, 1.165) is 5.71 Å². The number of β-amino-alcohol motifs (C(OH)–C–C–N with tert-alkyl or cyclic N) is 1. The van der Waals surface area contributed by atoms with E-state index in [9.17, 15) is 9.90 Å². The molecule has 4 heteroatoms. The average molecular weight is 180 g/mol. The van der Waals surface area contributed by atoms with Crippen molar-refractivity contribution in [2.45, 2.75) is 6.10 Å². The summed E-state index contributed by atoms with van der Waals surface area (Å²) in [5, 5.41) is 18.7. The Labute approximate surface area is 75.1 Å². The summed E-state index contributed by atoms with van der Waals surface area (Å²) in [6.07, 6.45) is 2.07. The maximum absolute atomic E-state index is 11.1. The summed E-state index contributed by atoms with van der Waals surface area (Å²) < 4.78 is 1.80. The molecule has 4 nitrogen and oxygen atoms in total. The molecule has 1 aliphatic carbocycles. The molecule has 0 aromatic rings. The van der Waals surface area contributed by atoms with Crippen LogP contribution in [0, 0.1) is 0 Å². The minimum absolute atomic E-state index is 0.264. The van der Waals surface area contributed by atoms with Crippen LogP contribution in [-0.4, -0.2) is 46.0 Å². The van der Waals surface area contributed by atoms with Gasteiger partial charge in [0, 0.05) is 6.08 Å². The summed E-state index contributed by atoms with van der Waals surface area (Å²) in [6, 6.07) is 0. The number of hydrogen-bond donors (Lipinski definition) is 2. The number of hydrogen-bond acceptors (Lipinski definition) is 3. The molecular formula is C9H10NO3+. The van der Waals surface area contributed by atoms with E-state index in [4.69, 9.17) is 5.11 Å². The molecule has 0 saturated carbocycles. The van der Waals surface area contributed by atoms with E-state index < -0.39 is 11.9 Å². The molecule has 0 aromatic heterocycles. The van der Waals surface area contributed by atoms with Gasteiger partial charge in [-0.1, -0.05) is 0 Å². The van der Waals surface area contributed by atoms with Crippen molar-refractivity contribution in [3.63, 3.8) is 0 Å². The van der Waals surface area contributed by atoms with Crippen LogP contribution in [0.5, 0.6) is 0 Å². The summed E-state index contributed by atoms with van der Waals surface area (Å²) >= 11 is 0. The molecule has 0 aromatic carbocycles. The first-order valence-electron chi connectivity index (χ1n) is 4.02. The number of nitrogens with zero attached hydrogens (tertiary/aromatic N) is 1. The lowest BCUT2D eigenvalue weighted by Gasteiger charge is -2.04. The van der Waals surface area contributed by atoms with Crippen molar-refractivity contribution < 1.29 is 19.6 Å². The molecule has 0 spiro atoms. The van der Waals surface area contributed by atoms with Gasteiger partial charge in [0.2, 0.25) is 11.5 Å². The van der Waals surface area contributed by atoms with Crippen molar-refractivity contribution in [3.05, 3.63) is 23.5 Å². The molecule has 0 radical (unpaired) electrons. The molecule has 1 aliphatic heterocycles. The third kappa shape index (κ3) is 1.10. The molecule has 0 amide bonds. The number of aliphatic hydroxyl groups is 2. The van der Waals surface area contributed by atoms with Gasteiger partial charge in [-0.3, -0.25) is 4.79 Å². The van der Waals surface area contributed by atoms with Crippen LogP contribution >= 0.6 is 0 Å². The lowest BCUT2D eigenvalue weighted by molar-refractivity contribution is -0.494. The number of likely N-dealkylation sites (N-methyl/N-ethyl adjacent to an activating group) is 1. The van der Waals surface area contributed by atoms with Crippen molar-refractivity contribution >= 4 is 11.5 Å². The SMILES string of the molecule is C[N+]1=C2C=C(O)C(=O)C=C2C(O)C1. The first-order chi connectivity index (χ1) is 6.09. The summed E-state index contributed by atoms with van der Waals surface area (Å²) in [5.74, 6) is -0.701. The number of aliphatic hydroxyl groups excluding tert-OH is 2. The van der Waals surface area contributed by atoms with Crippen molar-refractivity contribution in [1.82, 2.24) is 0 Å². The molecule has 0 saturated heterocycles. The Morgan fingerprint density at radius 3 is 2.92 bits per heavy atom. The zero-order chi connectivity index (χ0) is 9.59. The van der Waals surface area contributed by atoms with Crippen LogP contribution in [0.1, 0.15) is 0 Å². The molecule has 0 fully saturated rings. The highest BCUT2D eigenvalue weighted by Gasteiger charge is 2.36. The standard InChI is InChI=1S/C9H9NO3/c1-10-4-9(13)5-2-7(11)8(12)3-6(5)10/h2-3,9,13H,4H2,1H3/p+1. The maximum Gasteiger partial charge on any atom is 0.220 e. The Hall–Kier alpha value is -1.42. The van der Waals surface area contributed by atoms with Crippen LogP contribution in [0.3, 0.4) is 0 Å². The summed E-state index contributed by atoms with van der Waals surface area (Å²) in [5.41, 5.74) is 1.33. The lowest BCUT2D eigenvalue weighted by Crippen LogP contribution is -2.18. The van der Waals surface area contributed by atoms with Gasteiger partial charge in [0.05, 0.1) is 11.6 Å². The van der Waals surface area contributed by atoms with E-state index in [2.05, 4.69) is 0 Å². The van der Waals surface area contributed by atoms with Gasteiger partial charge in [0.25, 0.3) is 0 Å². The number of allylic oxidation sites excluding steroid dienone is 2. The molecule has 13 heavy (non-hydrogen) atoms. The van der Waals surface area contributed by atoms with Crippen LogP contribution in [0.2, 0.25) is 0 Å². The highest BCUT2D eigenvalue weighted by atomic mass is 16.3. The molecule has 2 rings (SSSR count). The largest absolute Gasteiger partial charge is 0.504 e. The molecule has 2 aliphatic rings. The Bertz CT molecular complexity index is 376. The number of ketones is 1. The second-order valence-electron chi connectivity index (χ2n) is 3.28. The second kappa shape index (κ2) is 2.53. The minimum atomic E-state index is -0.617. The van der Waals surface area contributed by atoms with Crippen molar-refractivity contribution in [3.8, 4) is 0 Å². The highest BCUT2D eigenvalue weighted by Crippen LogP contribution is 2.19. The monoisotopic (exact) mass is 180 g/mol. The van der Waals surface area contributed by atoms with E-state index in [1.165, 1.54) is 12.2 Å². The van der Waals surface area contributed by atoms with Gasteiger partial charge in [0.1, 0.15) is 13.2 Å². The Morgan fingerprint density at radius 1 is 1.54 bits per heavy atom. The molecule has 1 atom stereocenters. The lowest BCUT2D eigenvalue weighted by atomic mass is 10.00. The topological polar surface area (TPSA) is 60.5 Å². The quantitative estimate of drug-likeness (QED) is 0.386. The van der Waals surface area contributed by atoms with Gasteiger partial charge in [-0.25, -0.2) is 4.58 Å². The first kappa shape index (κ1) is 8.19. The van der Waals surface area contributed by atoms with Gasteiger partial charge >= 0.3 is 0 Å². The van der Waals surface area contributed by atoms with Crippen molar-refractivity contribution in [2.24, 2.45) is 0 Å². The molecular weight excluding hydrogens is 170 g/mol. The third-order valence-corrected chi connectivity index (χ3v) is 2.33. The Kier molecular flexibility index (Phi) is 1.60. The van der Waals surface area contributed by atoms with E-state index in [1.54, 1.807) is 11.6 Å². The zero-order valence-electron chi connectivity index (χ0n) is 7.19. The fourth-order valence-corrected chi connectivity index (χ4v) is 1.63. The fraction of sp³-hybridized carbons (Fsp3) is 0.333. The molecule has 0 bridgehead atoms. The summed E-state index contributed by atoms with van der Waals surface area (Å²) in [4.78, 5) is 11.1. The van der Waals surface area contributed by atoms with Gasteiger partial charge in [-0.15, -0.1) is 0 Å². The van der Waals surface area contributed by atoms with E-state index in [-0.39, 0.29) is 5.76 Å². The van der Waals surface area contributed by atoms with Crippen LogP contribution in [0.15, 0.2) is 23.5 Å². The Morgan fingerprint density at radius 2 is 2.23 bits per heavy atom. The fourth-order valence-electron chi connectivity index (χ4n) is 1.63. The highest BCUT2D eigenvalue weighted by molar-refractivity contribution is 6.20. The maximum atomic E-state index is 11.1. The van der Waals surface area contributed by atoms with Gasteiger partial charge < -0.3 is 10.2 Å². The zero-order valence-corrected chi connectivity index (χ0v) is 7.19. The van der Waals surface area contributed by atoms with Crippen molar-refractivity contribution in [2.75, 3.05) is 13.6 Å². The number of carbonyl (C=O) groups excluding carboxylic acids is 1. The molecule has 1 heterocycles. The van der Waals surface area contributed by atoms with Gasteiger partial charge in [-0.2, -0.15) is 0 Å². The predicted octanol–water partition coefficient (Wildman–Crippen LogP) is -0.605. The number of carbonyl (C=O) groups is 1. The predicted molar refractivity (Wildman–Crippen MR) is 45.9 cm³/mol. The third-order valence-electron chi connectivity index (χ3n) is 2.33. The molecule has 1 unspecified atom stereocenters.